The first kappa shape index (κ1) is 31.7. The Morgan fingerprint density at radius 3 is 1.10 bits per heavy atom. The van der Waals surface area contributed by atoms with Crippen LogP contribution in [0.25, 0.3) is 11.6 Å². The summed E-state index contributed by atoms with van der Waals surface area (Å²) in [4.78, 5) is 36.5. The summed E-state index contributed by atoms with van der Waals surface area (Å²) >= 11 is 0. The molecule has 0 aliphatic carbocycles. The van der Waals surface area contributed by atoms with Crippen molar-refractivity contribution in [2.75, 3.05) is 0 Å². The first-order chi connectivity index (χ1) is 19.5. The maximum Gasteiger partial charge on any atom is 2.00 e. The molecule has 13 heteroatoms. The minimum atomic E-state index is -1.29. The number of carboxylic acids is 2. The molecule has 0 N–H and O–H groups in total. The molecular formula is C28H22CuN8O4. The number of aromatic nitrogens is 8. The summed E-state index contributed by atoms with van der Waals surface area (Å²) in [6.07, 6.45) is 13.3. The van der Waals surface area contributed by atoms with Gasteiger partial charge in [-0.2, -0.15) is 10.2 Å². The number of pyridine rings is 4. The minimum absolute atomic E-state index is 0. The maximum absolute atomic E-state index is 10.4. The van der Waals surface area contributed by atoms with Crippen molar-refractivity contribution in [3.63, 3.8) is 0 Å². The second kappa shape index (κ2) is 17.9. The molecule has 0 bridgehead atoms. The van der Waals surface area contributed by atoms with Crippen LogP contribution >= 0.6 is 0 Å². The summed E-state index contributed by atoms with van der Waals surface area (Å²) in [5.41, 5.74) is -0.202. The van der Waals surface area contributed by atoms with E-state index in [1.165, 1.54) is 33.9 Å². The standard InChI is InChI=1S/2C9H7N3O2.2C5H5N.Cu/c2*13-9(14)7-4-6-12(11-7)8-3-1-2-5-10-8;2*1-2-4-6-5-3-1;/h2*1-6H,(H,13,14);2*1-5H;/q;;;;+2/p-2. The van der Waals surface area contributed by atoms with Crippen LogP contribution in [0.3, 0.4) is 0 Å². The van der Waals surface area contributed by atoms with Crippen LogP contribution in [0.2, 0.25) is 0 Å². The van der Waals surface area contributed by atoms with Gasteiger partial charge in [0.1, 0.15) is 11.4 Å². The van der Waals surface area contributed by atoms with Gasteiger partial charge in [-0.05, 0) is 60.7 Å². The van der Waals surface area contributed by atoms with E-state index < -0.39 is 11.9 Å². The molecule has 0 saturated heterocycles. The van der Waals surface area contributed by atoms with Gasteiger partial charge in [-0.1, -0.05) is 24.3 Å². The number of hydrogen-bond acceptors (Lipinski definition) is 10. The van der Waals surface area contributed by atoms with Crippen LogP contribution in [-0.4, -0.2) is 51.4 Å². The van der Waals surface area contributed by atoms with Crippen LogP contribution in [0, 0.1) is 0 Å². The molecule has 0 aromatic carbocycles. The molecule has 209 valence electrons. The Kier molecular flexibility index (Phi) is 13.8. The smallest absolute Gasteiger partial charge is 0.543 e. The molecule has 12 nitrogen and oxygen atoms in total. The zero-order valence-electron chi connectivity index (χ0n) is 21.2. The fourth-order valence-corrected chi connectivity index (χ4v) is 2.72. The van der Waals surface area contributed by atoms with E-state index in [0.717, 1.165) is 0 Å². The predicted molar refractivity (Wildman–Crippen MR) is 140 cm³/mol. The summed E-state index contributed by atoms with van der Waals surface area (Å²) in [7, 11) is 0. The van der Waals surface area contributed by atoms with Gasteiger partial charge in [0.15, 0.2) is 11.6 Å². The van der Waals surface area contributed by atoms with Crippen molar-refractivity contribution >= 4 is 11.9 Å². The molecule has 0 unspecified atom stereocenters. The van der Waals surface area contributed by atoms with Gasteiger partial charge in [-0.25, -0.2) is 19.3 Å². The molecule has 0 spiro atoms. The fourth-order valence-electron chi connectivity index (χ4n) is 2.72. The molecule has 0 aliphatic rings. The zero-order chi connectivity index (χ0) is 28.4. The summed E-state index contributed by atoms with van der Waals surface area (Å²) in [6, 6.07) is 24.7. The van der Waals surface area contributed by atoms with Crippen LogP contribution in [-0.2, 0) is 17.1 Å². The largest absolute Gasteiger partial charge is 2.00 e. The second-order valence-electron chi connectivity index (χ2n) is 7.29. The van der Waals surface area contributed by atoms with Crippen LogP contribution in [0.15, 0.2) is 135 Å². The van der Waals surface area contributed by atoms with Crippen molar-refractivity contribution in [1.82, 2.24) is 39.5 Å². The Labute approximate surface area is 245 Å². The average Bonchev–Trinajstić information content (AvgIpc) is 3.73. The zero-order valence-corrected chi connectivity index (χ0v) is 22.2. The molecule has 0 saturated carbocycles. The molecule has 1 radical (unpaired) electrons. The molecule has 41 heavy (non-hydrogen) atoms. The molecule has 0 aliphatic heterocycles. The van der Waals surface area contributed by atoms with Crippen molar-refractivity contribution < 1.29 is 36.9 Å². The Morgan fingerprint density at radius 2 is 0.878 bits per heavy atom. The van der Waals surface area contributed by atoms with Gasteiger partial charge >= 0.3 is 17.1 Å². The molecule has 6 aromatic heterocycles. The third kappa shape index (κ3) is 11.4. The number of rotatable bonds is 4. The topological polar surface area (TPSA) is 167 Å². The van der Waals surface area contributed by atoms with Crippen molar-refractivity contribution in [1.29, 1.82) is 0 Å². The van der Waals surface area contributed by atoms with Gasteiger partial charge in [0.25, 0.3) is 0 Å². The van der Waals surface area contributed by atoms with Crippen molar-refractivity contribution in [3.8, 4) is 11.6 Å². The number of nitrogens with zero attached hydrogens (tertiary/aromatic N) is 8. The third-order valence-corrected chi connectivity index (χ3v) is 4.50. The normalized spacial score (nSPS) is 9.17. The van der Waals surface area contributed by atoms with E-state index in [2.05, 4.69) is 30.1 Å². The van der Waals surface area contributed by atoms with E-state index >= 15 is 0 Å². The van der Waals surface area contributed by atoms with E-state index in [1.807, 2.05) is 36.4 Å². The average molecular weight is 598 g/mol. The summed E-state index contributed by atoms with van der Waals surface area (Å²) in [5.74, 6) is -1.45. The van der Waals surface area contributed by atoms with Gasteiger partial charge in [-0.15, -0.1) is 0 Å². The number of carboxylic acid groups (broad SMARTS) is 2. The van der Waals surface area contributed by atoms with Gasteiger partial charge in [0.05, 0.1) is 11.9 Å². The van der Waals surface area contributed by atoms with Crippen LogP contribution in [0.5, 0.6) is 0 Å². The summed E-state index contributed by atoms with van der Waals surface area (Å²) in [6.45, 7) is 0. The second-order valence-corrected chi connectivity index (χ2v) is 7.29. The van der Waals surface area contributed by atoms with Crippen LogP contribution < -0.4 is 10.2 Å². The first-order valence-electron chi connectivity index (χ1n) is 11.6. The summed E-state index contributed by atoms with van der Waals surface area (Å²) in [5, 5.41) is 28.4. The minimum Gasteiger partial charge on any atom is -0.543 e. The Hall–Kier alpha value is -5.52. The van der Waals surface area contributed by atoms with E-state index in [-0.39, 0.29) is 28.5 Å². The Balaban J connectivity index is 0.000000204. The van der Waals surface area contributed by atoms with Crippen molar-refractivity contribution in [3.05, 3.63) is 146 Å². The van der Waals surface area contributed by atoms with Gasteiger partial charge < -0.3 is 19.8 Å². The fraction of sp³-hybridized carbons (Fsp3) is 0. The van der Waals surface area contributed by atoms with E-state index in [4.69, 9.17) is 0 Å². The molecule has 6 rings (SSSR count). The van der Waals surface area contributed by atoms with Gasteiger partial charge in [0.2, 0.25) is 0 Å². The molecule has 6 heterocycles. The molecular weight excluding hydrogens is 576 g/mol. The predicted octanol–water partition coefficient (Wildman–Crippen LogP) is 1.42. The SMILES string of the molecule is O=C([O-])c1ccn(-c2ccccn2)n1.O=C([O-])c1ccn(-c2ccccn2)n1.[Cu+2].c1ccncc1.c1ccncc1. The number of aromatic carboxylic acids is 2. The van der Waals surface area contributed by atoms with Crippen molar-refractivity contribution in [2.45, 2.75) is 0 Å². The van der Waals surface area contributed by atoms with Crippen LogP contribution in [0.1, 0.15) is 21.0 Å². The van der Waals surface area contributed by atoms with E-state index in [1.54, 1.807) is 73.6 Å². The quantitative estimate of drug-likeness (QED) is 0.271. The van der Waals surface area contributed by atoms with Gasteiger partial charge in [-0.3, -0.25) is 9.97 Å². The molecule has 0 amide bonds. The monoisotopic (exact) mass is 597 g/mol. The van der Waals surface area contributed by atoms with E-state index in [9.17, 15) is 19.8 Å². The third-order valence-electron chi connectivity index (χ3n) is 4.50. The summed E-state index contributed by atoms with van der Waals surface area (Å²) < 4.78 is 2.76. The Morgan fingerprint density at radius 1 is 0.512 bits per heavy atom. The maximum atomic E-state index is 10.4. The number of carbonyl (C=O) groups excluding carboxylic acids is 2. The van der Waals surface area contributed by atoms with Gasteiger partial charge in [0, 0.05) is 49.6 Å². The number of hydrogen-bond donors (Lipinski definition) is 0. The molecule has 6 aromatic rings. The molecule has 0 atom stereocenters. The Bertz CT molecular complexity index is 1380. The van der Waals surface area contributed by atoms with Crippen molar-refractivity contribution in [2.24, 2.45) is 0 Å². The first-order valence-corrected chi connectivity index (χ1v) is 11.6. The van der Waals surface area contributed by atoms with Crippen LogP contribution in [0.4, 0.5) is 0 Å². The number of carbonyl (C=O) groups is 2. The molecule has 0 fully saturated rings. The van der Waals surface area contributed by atoms with E-state index in [0.29, 0.717) is 11.6 Å².